The Kier molecular flexibility index (Phi) is 64.1. The first-order chi connectivity index (χ1) is 42.8. The van der Waals surface area contributed by atoms with Crippen LogP contribution in [0.2, 0.25) is 0 Å². The van der Waals surface area contributed by atoms with Crippen LogP contribution in [0.1, 0.15) is 386 Å². The first-order valence-corrected chi connectivity index (χ1v) is 38.4. The SMILES string of the molecule is CCCCCCC/C=C\C/C=C\CCCCCCCCCCCCCCCCCCCCCCCCCCCCCCCC(=O)NC(COC1OC(CO)C(O)C(O)C1O)C(O)/C=C/CC/C=C/CCCCCCCCCCCCCCCCCCC. The maximum atomic E-state index is 13.1. The lowest BCUT2D eigenvalue weighted by molar-refractivity contribution is -0.302. The lowest BCUT2D eigenvalue weighted by atomic mass is 9.99. The molecule has 1 heterocycles. The predicted octanol–water partition coefficient (Wildman–Crippen LogP) is 21.5. The molecule has 0 spiro atoms. The second kappa shape index (κ2) is 67.1. The van der Waals surface area contributed by atoms with E-state index in [1.54, 1.807) is 6.08 Å². The molecule has 1 saturated heterocycles. The largest absolute Gasteiger partial charge is 0.394 e. The number of hydrogen-bond acceptors (Lipinski definition) is 8. The summed E-state index contributed by atoms with van der Waals surface area (Å²) in [6.45, 7) is 3.81. The van der Waals surface area contributed by atoms with E-state index in [1.807, 2.05) is 6.08 Å². The Morgan fingerprint density at radius 2 is 0.690 bits per heavy atom. The minimum Gasteiger partial charge on any atom is -0.394 e. The smallest absolute Gasteiger partial charge is 0.220 e. The molecule has 0 aromatic heterocycles. The Balaban J connectivity index is 2.05. The van der Waals surface area contributed by atoms with Gasteiger partial charge in [0.1, 0.15) is 24.4 Å². The average molecular weight is 1230 g/mol. The van der Waals surface area contributed by atoms with Crippen LogP contribution in [0.4, 0.5) is 0 Å². The van der Waals surface area contributed by atoms with E-state index >= 15 is 0 Å². The van der Waals surface area contributed by atoms with Gasteiger partial charge in [-0.3, -0.25) is 4.79 Å². The molecule has 9 nitrogen and oxygen atoms in total. The molecule has 1 amide bonds. The molecular weight excluding hydrogens is 1080 g/mol. The molecule has 9 heteroatoms. The van der Waals surface area contributed by atoms with Crippen molar-refractivity contribution in [1.82, 2.24) is 5.32 Å². The van der Waals surface area contributed by atoms with Crippen LogP contribution in [-0.4, -0.2) is 87.5 Å². The lowest BCUT2D eigenvalue weighted by Crippen LogP contribution is -2.60. The van der Waals surface area contributed by atoms with Crippen molar-refractivity contribution in [3.05, 3.63) is 48.6 Å². The maximum Gasteiger partial charge on any atom is 0.220 e. The van der Waals surface area contributed by atoms with Gasteiger partial charge in [-0.15, -0.1) is 0 Å². The van der Waals surface area contributed by atoms with Gasteiger partial charge in [-0.25, -0.2) is 0 Å². The fourth-order valence-corrected chi connectivity index (χ4v) is 12.4. The fourth-order valence-electron chi connectivity index (χ4n) is 12.4. The average Bonchev–Trinajstić information content (AvgIpc) is 3.47. The van der Waals surface area contributed by atoms with Gasteiger partial charge in [0, 0.05) is 6.42 Å². The third-order valence-corrected chi connectivity index (χ3v) is 18.4. The van der Waals surface area contributed by atoms with Gasteiger partial charge >= 0.3 is 0 Å². The van der Waals surface area contributed by atoms with E-state index in [0.717, 1.165) is 44.9 Å². The third-order valence-electron chi connectivity index (χ3n) is 18.4. The summed E-state index contributed by atoms with van der Waals surface area (Å²) < 4.78 is 11.3. The molecule has 1 rings (SSSR count). The van der Waals surface area contributed by atoms with Crippen molar-refractivity contribution < 1.29 is 39.8 Å². The van der Waals surface area contributed by atoms with Gasteiger partial charge in [0.05, 0.1) is 25.4 Å². The topological polar surface area (TPSA) is 149 Å². The molecule has 1 aliphatic heterocycles. The van der Waals surface area contributed by atoms with E-state index in [9.17, 15) is 30.3 Å². The number of allylic oxidation sites excluding steroid dienone is 7. The number of aliphatic hydroxyl groups excluding tert-OH is 5. The number of aliphatic hydroxyl groups is 5. The van der Waals surface area contributed by atoms with Crippen LogP contribution in [0, 0.1) is 0 Å². The Labute approximate surface area is 539 Å². The molecular formula is C78H147NO8. The van der Waals surface area contributed by atoms with Gasteiger partial charge in [-0.05, 0) is 64.2 Å². The van der Waals surface area contributed by atoms with E-state index < -0.39 is 49.5 Å². The van der Waals surface area contributed by atoms with E-state index in [2.05, 4.69) is 55.6 Å². The highest BCUT2D eigenvalue weighted by Gasteiger charge is 2.44. The van der Waals surface area contributed by atoms with Crippen LogP contribution in [0.25, 0.3) is 0 Å². The van der Waals surface area contributed by atoms with Crippen LogP contribution in [-0.2, 0) is 14.3 Å². The molecule has 0 aromatic carbocycles. The molecule has 512 valence electrons. The molecule has 7 atom stereocenters. The zero-order valence-corrected chi connectivity index (χ0v) is 57.5. The Morgan fingerprint density at radius 1 is 0.391 bits per heavy atom. The molecule has 0 saturated carbocycles. The molecule has 0 radical (unpaired) electrons. The van der Waals surface area contributed by atoms with Crippen LogP contribution in [0.15, 0.2) is 48.6 Å². The highest BCUT2D eigenvalue weighted by molar-refractivity contribution is 5.76. The summed E-state index contributed by atoms with van der Waals surface area (Å²) in [7, 11) is 0. The van der Waals surface area contributed by atoms with Gasteiger partial charge in [0.25, 0.3) is 0 Å². The van der Waals surface area contributed by atoms with Gasteiger partial charge in [-0.2, -0.15) is 0 Å². The molecule has 1 fully saturated rings. The van der Waals surface area contributed by atoms with Crippen LogP contribution >= 0.6 is 0 Å². The minimum absolute atomic E-state index is 0.179. The molecule has 7 unspecified atom stereocenters. The highest BCUT2D eigenvalue weighted by atomic mass is 16.7. The standard InChI is InChI=1S/C78H147NO8/c1-3-5-7-9-11-13-15-17-19-21-23-25-27-28-29-30-31-32-33-34-35-36-37-38-39-40-41-42-43-44-46-48-50-52-54-56-58-60-62-64-66-68-74(82)79-71(70-86-78-77(85)76(84)75(83)73(69-80)87-78)72(81)67-65-63-61-59-57-55-53-51-49-47-45-26-24-22-20-18-16-14-12-10-8-6-4-2/h15,17,21,23,57,59,65,67,71-73,75-78,80-81,83-85H,3-14,16,18-20,22,24-56,58,60-64,66,68-70H2,1-2H3,(H,79,82)/b17-15-,23-21-,59-57+,67-65+. The second-order valence-corrected chi connectivity index (χ2v) is 26.8. The highest BCUT2D eigenvalue weighted by Crippen LogP contribution is 2.24. The summed E-state index contributed by atoms with van der Waals surface area (Å²) in [4.78, 5) is 13.1. The Morgan fingerprint density at radius 3 is 1.03 bits per heavy atom. The van der Waals surface area contributed by atoms with Crippen LogP contribution < -0.4 is 5.32 Å². The first-order valence-electron chi connectivity index (χ1n) is 38.4. The van der Waals surface area contributed by atoms with Crippen LogP contribution in [0.3, 0.4) is 0 Å². The summed E-state index contributed by atoms with van der Waals surface area (Å²) in [5.41, 5.74) is 0. The normalized spacial score (nSPS) is 18.2. The number of ether oxygens (including phenoxy) is 2. The van der Waals surface area contributed by atoms with E-state index in [1.165, 1.54) is 321 Å². The molecule has 0 aliphatic carbocycles. The molecule has 6 N–H and O–H groups in total. The number of amides is 1. The predicted molar refractivity (Wildman–Crippen MR) is 373 cm³/mol. The van der Waals surface area contributed by atoms with Crippen molar-refractivity contribution in [2.24, 2.45) is 0 Å². The van der Waals surface area contributed by atoms with Crippen molar-refractivity contribution in [1.29, 1.82) is 0 Å². The number of rotatable bonds is 68. The number of hydrogen-bond donors (Lipinski definition) is 6. The second-order valence-electron chi connectivity index (χ2n) is 26.8. The van der Waals surface area contributed by atoms with Crippen molar-refractivity contribution in [2.45, 2.75) is 429 Å². The van der Waals surface area contributed by atoms with Crippen molar-refractivity contribution in [3.8, 4) is 0 Å². The summed E-state index contributed by atoms with van der Waals surface area (Å²) in [6, 6.07) is -0.822. The van der Waals surface area contributed by atoms with E-state index in [4.69, 9.17) is 9.47 Å². The molecule has 0 aromatic rings. The van der Waals surface area contributed by atoms with Gasteiger partial charge < -0.3 is 40.3 Å². The van der Waals surface area contributed by atoms with Gasteiger partial charge in [0.15, 0.2) is 6.29 Å². The van der Waals surface area contributed by atoms with Gasteiger partial charge in [-0.1, -0.05) is 364 Å². The lowest BCUT2D eigenvalue weighted by Gasteiger charge is -2.40. The quantitative estimate of drug-likeness (QED) is 0.0261. The number of nitrogens with one attached hydrogen (secondary N) is 1. The maximum absolute atomic E-state index is 13.1. The molecule has 87 heavy (non-hydrogen) atoms. The monoisotopic (exact) mass is 1230 g/mol. The Hall–Kier alpha value is -1.85. The Bertz CT molecular complexity index is 1520. The number of unbranched alkanes of at least 4 members (excludes halogenated alkanes) is 52. The molecule has 1 aliphatic rings. The fraction of sp³-hybridized carbons (Fsp3) is 0.885. The summed E-state index contributed by atoms with van der Waals surface area (Å²) in [5.74, 6) is -0.179. The zero-order chi connectivity index (χ0) is 62.8. The summed E-state index contributed by atoms with van der Waals surface area (Å²) in [6.07, 6.45) is 85.5. The number of carbonyl (C=O) groups excluding carboxylic acids is 1. The van der Waals surface area contributed by atoms with Gasteiger partial charge in [0.2, 0.25) is 5.91 Å². The molecule has 0 bridgehead atoms. The summed E-state index contributed by atoms with van der Waals surface area (Å²) >= 11 is 0. The first kappa shape index (κ1) is 83.2. The van der Waals surface area contributed by atoms with Crippen LogP contribution in [0.5, 0.6) is 0 Å². The third kappa shape index (κ3) is 55.5. The van der Waals surface area contributed by atoms with Crippen molar-refractivity contribution in [3.63, 3.8) is 0 Å². The summed E-state index contributed by atoms with van der Waals surface area (Å²) in [5, 5.41) is 54.8. The minimum atomic E-state index is -1.57. The van der Waals surface area contributed by atoms with Crippen molar-refractivity contribution in [2.75, 3.05) is 13.2 Å². The van der Waals surface area contributed by atoms with E-state index in [0.29, 0.717) is 6.42 Å². The zero-order valence-electron chi connectivity index (χ0n) is 57.5. The van der Waals surface area contributed by atoms with Crippen molar-refractivity contribution >= 4 is 5.91 Å². The number of carbonyl (C=O) groups is 1. The van der Waals surface area contributed by atoms with E-state index in [-0.39, 0.29) is 12.5 Å².